The number of anilines is 1. The number of aromatic nitrogens is 2. The molecule has 1 fully saturated rings. The molecule has 4 rings (SSSR count). The number of hydrogen-bond acceptors (Lipinski definition) is 4. The van der Waals surface area contributed by atoms with Crippen LogP contribution in [0.3, 0.4) is 0 Å². The number of nitrogens with one attached hydrogen (secondary N) is 2. The van der Waals surface area contributed by atoms with Gasteiger partial charge in [0, 0.05) is 11.3 Å². The molecule has 0 bridgehead atoms. The second-order valence-electron chi connectivity index (χ2n) is 6.42. The fourth-order valence-corrected chi connectivity index (χ4v) is 3.28. The van der Waals surface area contributed by atoms with Crippen molar-refractivity contribution in [3.05, 3.63) is 70.5 Å². The molecular weight excluding hydrogens is 337 g/mol. The molecular formula is C19H16FN3O3. The standard InChI is InChI=1S/C19H16FN3O3/c20-14-4-1-3-13(11-14)19(9-2-10-19)17(24)21-15-7-5-12(6-8-15)16-22-18(25)26-23-16/h1,3-8,11H,2,9-10H2,(H,21,24)(H,22,23,25). The van der Waals surface area contributed by atoms with Crippen LogP contribution in [0, 0.1) is 5.82 Å². The number of carbonyl (C=O) groups is 1. The Morgan fingerprint density at radius 3 is 2.54 bits per heavy atom. The van der Waals surface area contributed by atoms with Gasteiger partial charge in [-0.1, -0.05) is 23.7 Å². The van der Waals surface area contributed by atoms with Gasteiger partial charge in [0.15, 0.2) is 5.82 Å². The van der Waals surface area contributed by atoms with E-state index in [1.165, 1.54) is 12.1 Å². The fraction of sp³-hybridized carbons (Fsp3) is 0.211. The maximum atomic E-state index is 13.6. The van der Waals surface area contributed by atoms with Gasteiger partial charge >= 0.3 is 5.76 Å². The van der Waals surface area contributed by atoms with E-state index in [1.807, 2.05) is 0 Å². The van der Waals surface area contributed by atoms with Crippen LogP contribution in [0.25, 0.3) is 11.4 Å². The largest absolute Gasteiger partial charge is 0.439 e. The first-order chi connectivity index (χ1) is 12.6. The van der Waals surface area contributed by atoms with Gasteiger partial charge in [-0.2, -0.15) is 0 Å². The third-order valence-corrected chi connectivity index (χ3v) is 4.88. The lowest BCUT2D eigenvalue weighted by molar-refractivity contribution is -0.124. The fourth-order valence-electron chi connectivity index (χ4n) is 3.28. The second-order valence-corrected chi connectivity index (χ2v) is 6.42. The Balaban J connectivity index is 1.54. The summed E-state index contributed by atoms with van der Waals surface area (Å²) in [4.78, 5) is 26.4. The number of H-pyrrole nitrogens is 1. The van der Waals surface area contributed by atoms with Crippen molar-refractivity contribution >= 4 is 11.6 Å². The van der Waals surface area contributed by atoms with Crippen molar-refractivity contribution in [2.45, 2.75) is 24.7 Å². The zero-order valence-corrected chi connectivity index (χ0v) is 13.8. The van der Waals surface area contributed by atoms with E-state index in [1.54, 1.807) is 36.4 Å². The Kier molecular flexibility index (Phi) is 3.91. The highest BCUT2D eigenvalue weighted by atomic mass is 19.1. The molecule has 0 spiro atoms. The van der Waals surface area contributed by atoms with Gasteiger partial charge in [0.05, 0.1) is 5.41 Å². The summed E-state index contributed by atoms with van der Waals surface area (Å²) in [7, 11) is 0. The van der Waals surface area contributed by atoms with Gasteiger partial charge in [0.2, 0.25) is 5.91 Å². The lowest BCUT2D eigenvalue weighted by Crippen LogP contribution is -2.46. The average molecular weight is 353 g/mol. The quantitative estimate of drug-likeness (QED) is 0.754. The predicted octanol–water partition coefficient (Wildman–Crippen LogP) is 3.23. The molecule has 0 radical (unpaired) electrons. The molecule has 3 aromatic rings. The molecule has 2 N–H and O–H groups in total. The van der Waals surface area contributed by atoms with Crippen molar-refractivity contribution in [2.24, 2.45) is 0 Å². The van der Waals surface area contributed by atoms with Gasteiger partial charge in [-0.05, 0) is 54.8 Å². The van der Waals surface area contributed by atoms with Crippen LogP contribution < -0.4 is 11.1 Å². The second kappa shape index (κ2) is 6.25. The van der Waals surface area contributed by atoms with E-state index in [9.17, 15) is 14.0 Å². The van der Waals surface area contributed by atoms with Crippen LogP contribution in [0.15, 0.2) is 57.8 Å². The van der Waals surface area contributed by atoms with Gasteiger partial charge in [-0.3, -0.25) is 14.3 Å². The van der Waals surface area contributed by atoms with Gasteiger partial charge in [-0.25, -0.2) is 9.18 Å². The lowest BCUT2D eigenvalue weighted by Gasteiger charge is -2.40. The highest BCUT2D eigenvalue weighted by molar-refractivity contribution is 6.00. The summed E-state index contributed by atoms with van der Waals surface area (Å²) in [5.41, 5.74) is 1.31. The maximum Gasteiger partial charge on any atom is 0.439 e. The number of aromatic amines is 1. The number of nitrogens with zero attached hydrogens (tertiary/aromatic N) is 1. The van der Waals surface area contributed by atoms with Crippen LogP contribution in [0.5, 0.6) is 0 Å². The van der Waals surface area contributed by atoms with E-state index in [-0.39, 0.29) is 11.7 Å². The maximum absolute atomic E-state index is 13.6. The van der Waals surface area contributed by atoms with E-state index >= 15 is 0 Å². The van der Waals surface area contributed by atoms with Crippen LogP contribution in [-0.2, 0) is 10.2 Å². The Bertz CT molecular complexity index is 1000. The first-order valence-corrected chi connectivity index (χ1v) is 8.31. The van der Waals surface area contributed by atoms with Crippen molar-refractivity contribution in [2.75, 3.05) is 5.32 Å². The molecule has 26 heavy (non-hydrogen) atoms. The summed E-state index contributed by atoms with van der Waals surface area (Å²) in [6, 6.07) is 13.1. The Morgan fingerprint density at radius 1 is 1.19 bits per heavy atom. The molecule has 1 saturated carbocycles. The van der Waals surface area contributed by atoms with E-state index in [2.05, 4.69) is 20.0 Å². The summed E-state index contributed by atoms with van der Waals surface area (Å²) in [5.74, 6) is -0.785. The van der Waals surface area contributed by atoms with Crippen LogP contribution >= 0.6 is 0 Å². The molecule has 1 aromatic heterocycles. The Morgan fingerprint density at radius 2 is 1.96 bits per heavy atom. The number of hydrogen-bond donors (Lipinski definition) is 2. The zero-order chi connectivity index (χ0) is 18.1. The van der Waals surface area contributed by atoms with Crippen molar-refractivity contribution < 1.29 is 13.7 Å². The van der Waals surface area contributed by atoms with Crippen LogP contribution in [0.1, 0.15) is 24.8 Å². The number of rotatable bonds is 4. The number of benzene rings is 2. The van der Waals surface area contributed by atoms with E-state index in [0.29, 0.717) is 35.5 Å². The third kappa shape index (κ3) is 2.81. The van der Waals surface area contributed by atoms with Crippen LogP contribution in [-0.4, -0.2) is 16.0 Å². The summed E-state index contributed by atoms with van der Waals surface area (Å²) >= 11 is 0. The number of amides is 1. The summed E-state index contributed by atoms with van der Waals surface area (Å²) in [6.45, 7) is 0. The smallest absolute Gasteiger partial charge is 0.325 e. The molecule has 6 nitrogen and oxygen atoms in total. The molecule has 1 amide bonds. The molecule has 1 heterocycles. The number of carbonyl (C=O) groups excluding carboxylic acids is 1. The molecule has 2 aromatic carbocycles. The van der Waals surface area contributed by atoms with E-state index in [4.69, 9.17) is 0 Å². The molecule has 0 saturated heterocycles. The summed E-state index contributed by atoms with van der Waals surface area (Å²) in [6.07, 6.45) is 2.32. The first-order valence-electron chi connectivity index (χ1n) is 8.31. The van der Waals surface area contributed by atoms with Crippen molar-refractivity contribution in [3.63, 3.8) is 0 Å². The number of halogens is 1. The molecule has 1 aliphatic carbocycles. The summed E-state index contributed by atoms with van der Waals surface area (Å²) < 4.78 is 18.1. The Labute approximate surface area is 148 Å². The van der Waals surface area contributed by atoms with E-state index in [0.717, 1.165) is 6.42 Å². The molecule has 0 unspecified atom stereocenters. The van der Waals surface area contributed by atoms with Crippen molar-refractivity contribution in [3.8, 4) is 11.4 Å². The van der Waals surface area contributed by atoms with Gasteiger partial charge in [0.25, 0.3) is 0 Å². The van der Waals surface area contributed by atoms with Crippen LogP contribution in [0.4, 0.5) is 10.1 Å². The van der Waals surface area contributed by atoms with Gasteiger partial charge in [-0.15, -0.1) is 0 Å². The third-order valence-electron chi connectivity index (χ3n) is 4.88. The topological polar surface area (TPSA) is 88.0 Å². The highest BCUT2D eigenvalue weighted by Gasteiger charge is 2.45. The average Bonchev–Trinajstić information content (AvgIpc) is 3.01. The predicted molar refractivity (Wildman–Crippen MR) is 93.1 cm³/mol. The normalized spacial score (nSPS) is 15.3. The Hall–Kier alpha value is -3.22. The molecule has 1 aliphatic rings. The van der Waals surface area contributed by atoms with Gasteiger partial charge < -0.3 is 5.32 Å². The lowest BCUT2D eigenvalue weighted by atomic mass is 9.63. The van der Waals surface area contributed by atoms with E-state index < -0.39 is 11.2 Å². The molecule has 7 heteroatoms. The summed E-state index contributed by atoms with van der Waals surface area (Å²) in [5, 5.41) is 6.53. The highest BCUT2D eigenvalue weighted by Crippen LogP contribution is 2.44. The molecule has 132 valence electrons. The van der Waals surface area contributed by atoms with Crippen LogP contribution in [0.2, 0.25) is 0 Å². The zero-order valence-electron chi connectivity index (χ0n) is 13.8. The van der Waals surface area contributed by atoms with Crippen molar-refractivity contribution in [1.29, 1.82) is 0 Å². The minimum Gasteiger partial charge on any atom is -0.325 e. The molecule has 0 atom stereocenters. The first kappa shape index (κ1) is 16.3. The minimum absolute atomic E-state index is 0.142. The van der Waals surface area contributed by atoms with Crippen molar-refractivity contribution in [1.82, 2.24) is 10.1 Å². The molecule has 0 aliphatic heterocycles. The SMILES string of the molecule is O=C(Nc1ccc(-c2noc(=O)[nH]2)cc1)C1(c2cccc(F)c2)CCC1. The van der Waals surface area contributed by atoms with Gasteiger partial charge in [0.1, 0.15) is 5.82 Å². The monoisotopic (exact) mass is 353 g/mol. The minimum atomic E-state index is -0.682.